The fourth-order valence-electron chi connectivity index (χ4n) is 4.40. The Morgan fingerprint density at radius 3 is 2.64 bits per heavy atom. The lowest BCUT2D eigenvalue weighted by atomic mass is 9.85. The molecule has 2 aromatic rings. The third-order valence-electron chi connectivity index (χ3n) is 6.26. The summed E-state index contributed by atoms with van der Waals surface area (Å²) in [4.78, 5) is 19.5. The van der Waals surface area contributed by atoms with Gasteiger partial charge in [-0.15, -0.1) is 0 Å². The Morgan fingerprint density at radius 1 is 1.14 bits per heavy atom. The summed E-state index contributed by atoms with van der Waals surface area (Å²) in [6.45, 7) is 4.69. The van der Waals surface area contributed by atoms with Gasteiger partial charge in [0.15, 0.2) is 0 Å². The van der Waals surface area contributed by atoms with E-state index >= 15 is 0 Å². The van der Waals surface area contributed by atoms with Gasteiger partial charge in [0.1, 0.15) is 0 Å². The van der Waals surface area contributed by atoms with Gasteiger partial charge in [0, 0.05) is 17.5 Å². The molecule has 2 aliphatic rings. The Kier molecular flexibility index (Phi) is 6.05. The third kappa shape index (κ3) is 4.61. The summed E-state index contributed by atoms with van der Waals surface area (Å²) >= 11 is 0. The molecule has 1 aliphatic heterocycles. The first-order valence-corrected chi connectivity index (χ1v) is 10.6. The van der Waals surface area contributed by atoms with Crippen LogP contribution in [-0.4, -0.2) is 40.1 Å². The molecule has 28 heavy (non-hydrogen) atoms. The van der Waals surface area contributed by atoms with Crippen molar-refractivity contribution >= 4 is 5.91 Å². The second-order valence-electron chi connectivity index (χ2n) is 8.30. The van der Waals surface area contributed by atoms with E-state index < -0.39 is 0 Å². The molecule has 2 fully saturated rings. The monoisotopic (exact) mass is 382 g/mol. The minimum absolute atomic E-state index is 0.132. The van der Waals surface area contributed by atoms with Crippen LogP contribution in [0.3, 0.4) is 0 Å². The van der Waals surface area contributed by atoms with Crippen LogP contribution in [0.25, 0.3) is 11.4 Å². The van der Waals surface area contributed by atoms with E-state index in [-0.39, 0.29) is 11.8 Å². The SMILES string of the molecule is CC1CCCCC1NC(=O)C1CCN(Cc2nc(-c3ccccc3)no2)CC1. The summed E-state index contributed by atoms with van der Waals surface area (Å²) in [7, 11) is 0. The summed E-state index contributed by atoms with van der Waals surface area (Å²) in [6, 6.07) is 10.2. The number of nitrogens with one attached hydrogen (secondary N) is 1. The van der Waals surface area contributed by atoms with Gasteiger partial charge in [0.25, 0.3) is 0 Å². The molecular weight excluding hydrogens is 352 g/mol. The summed E-state index contributed by atoms with van der Waals surface area (Å²) < 4.78 is 5.43. The zero-order valence-electron chi connectivity index (χ0n) is 16.6. The normalized spacial score (nSPS) is 24.2. The van der Waals surface area contributed by atoms with Crippen molar-refractivity contribution in [2.75, 3.05) is 13.1 Å². The molecule has 2 atom stereocenters. The third-order valence-corrected chi connectivity index (χ3v) is 6.26. The summed E-state index contributed by atoms with van der Waals surface area (Å²) in [5, 5.41) is 7.42. The number of amides is 1. The van der Waals surface area contributed by atoms with Crippen molar-refractivity contribution in [1.29, 1.82) is 0 Å². The van der Waals surface area contributed by atoms with E-state index in [4.69, 9.17) is 4.52 Å². The van der Waals surface area contributed by atoms with Gasteiger partial charge in [-0.05, 0) is 44.7 Å². The van der Waals surface area contributed by atoms with Crippen molar-refractivity contribution in [1.82, 2.24) is 20.4 Å². The molecule has 0 radical (unpaired) electrons. The lowest BCUT2D eigenvalue weighted by molar-refractivity contribution is -0.127. The Balaban J connectivity index is 1.25. The molecule has 1 aliphatic carbocycles. The number of nitrogens with zero attached hydrogens (tertiary/aromatic N) is 3. The van der Waals surface area contributed by atoms with Crippen LogP contribution >= 0.6 is 0 Å². The highest BCUT2D eigenvalue weighted by atomic mass is 16.5. The standard InChI is InChI=1S/C22H30N4O2/c1-16-7-5-6-10-19(16)23-22(27)18-11-13-26(14-12-18)15-20-24-21(25-28-20)17-8-3-2-4-9-17/h2-4,8-9,16,18-19H,5-7,10-15H2,1H3,(H,23,27). The average molecular weight is 383 g/mol. The number of aromatic nitrogens is 2. The van der Waals surface area contributed by atoms with Gasteiger partial charge in [-0.3, -0.25) is 9.69 Å². The molecule has 0 spiro atoms. The predicted octanol–water partition coefficient (Wildman–Crippen LogP) is 3.64. The first-order valence-electron chi connectivity index (χ1n) is 10.6. The van der Waals surface area contributed by atoms with Gasteiger partial charge in [0.05, 0.1) is 6.54 Å². The number of carbonyl (C=O) groups is 1. The van der Waals surface area contributed by atoms with Crippen LogP contribution in [-0.2, 0) is 11.3 Å². The van der Waals surface area contributed by atoms with Crippen LogP contribution < -0.4 is 5.32 Å². The maximum atomic E-state index is 12.7. The Hall–Kier alpha value is -2.21. The molecule has 1 amide bonds. The summed E-state index contributed by atoms with van der Waals surface area (Å²) in [5.41, 5.74) is 0.963. The molecular formula is C22H30N4O2. The number of benzene rings is 1. The smallest absolute Gasteiger partial charge is 0.241 e. The van der Waals surface area contributed by atoms with Crippen LogP contribution in [0.15, 0.2) is 34.9 Å². The van der Waals surface area contributed by atoms with Crippen molar-refractivity contribution in [2.45, 2.75) is 58.0 Å². The minimum Gasteiger partial charge on any atom is -0.353 e. The number of carbonyl (C=O) groups excluding carboxylic acids is 1. The van der Waals surface area contributed by atoms with Crippen molar-refractivity contribution in [2.24, 2.45) is 11.8 Å². The fourth-order valence-corrected chi connectivity index (χ4v) is 4.40. The van der Waals surface area contributed by atoms with Crippen molar-refractivity contribution < 1.29 is 9.32 Å². The van der Waals surface area contributed by atoms with E-state index in [2.05, 4.69) is 27.3 Å². The molecule has 1 saturated carbocycles. The van der Waals surface area contributed by atoms with Gasteiger partial charge in [-0.25, -0.2) is 0 Å². The maximum absolute atomic E-state index is 12.7. The number of hydrogen-bond acceptors (Lipinski definition) is 5. The number of likely N-dealkylation sites (tertiary alicyclic amines) is 1. The lowest BCUT2D eigenvalue weighted by Crippen LogP contribution is -2.46. The number of rotatable bonds is 5. The van der Waals surface area contributed by atoms with E-state index in [1.165, 1.54) is 19.3 Å². The predicted molar refractivity (Wildman–Crippen MR) is 107 cm³/mol. The molecule has 150 valence electrons. The van der Waals surface area contributed by atoms with Gasteiger partial charge in [-0.2, -0.15) is 4.98 Å². The van der Waals surface area contributed by atoms with E-state index in [0.29, 0.717) is 30.2 Å². The van der Waals surface area contributed by atoms with E-state index in [1.807, 2.05) is 30.3 Å². The molecule has 1 aromatic heterocycles. The van der Waals surface area contributed by atoms with Crippen molar-refractivity contribution in [3.63, 3.8) is 0 Å². The lowest BCUT2D eigenvalue weighted by Gasteiger charge is -2.34. The highest BCUT2D eigenvalue weighted by molar-refractivity contribution is 5.79. The molecule has 1 aromatic carbocycles. The Bertz CT molecular complexity index is 768. The molecule has 1 N–H and O–H groups in total. The van der Waals surface area contributed by atoms with Crippen LogP contribution in [0.5, 0.6) is 0 Å². The number of hydrogen-bond donors (Lipinski definition) is 1. The molecule has 0 bridgehead atoms. The molecule has 1 saturated heterocycles. The molecule has 2 heterocycles. The van der Waals surface area contributed by atoms with Crippen LogP contribution in [0.1, 0.15) is 51.3 Å². The van der Waals surface area contributed by atoms with E-state index in [1.54, 1.807) is 0 Å². The van der Waals surface area contributed by atoms with Gasteiger partial charge >= 0.3 is 0 Å². The largest absolute Gasteiger partial charge is 0.353 e. The van der Waals surface area contributed by atoms with Crippen LogP contribution in [0, 0.1) is 11.8 Å². The first-order chi connectivity index (χ1) is 13.7. The second-order valence-corrected chi connectivity index (χ2v) is 8.30. The van der Waals surface area contributed by atoms with Crippen molar-refractivity contribution in [3.05, 3.63) is 36.2 Å². The van der Waals surface area contributed by atoms with E-state index in [0.717, 1.165) is 37.9 Å². The quantitative estimate of drug-likeness (QED) is 0.855. The van der Waals surface area contributed by atoms with Gasteiger partial charge in [-0.1, -0.05) is 55.3 Å². The van der Waals surface area contributed by atoms with Crippen molar-refractivity contribution in [3.8, 4) is 11.4 Å². The fraction of sp³-hybridized carbons (Fsp3) is 0.591. The van der Waals surface area contributed by atoms with Crippen LogP contribution in [0.2, 0.25) is 0 Å². The zero-order valence-corrected chi connectivity index (χ0v) is 16.6. The zero-order chi connectivity index (χ0) is 19.3. The Labute approximate surface area is 166 Å². The summed E-state index contributed by atoms with van der Waals surface area (Å²) in [5.74, 6) is 2.26. The minimum atomic E-state index is 0.132. The topological polar surface area (TPSA) is 71.3 Å². The molecule has 2 unspecified atom stereocenters. The second kappa shape index (κ2) is 8.86. The van der Waals surface area contributed by atoms with Crippen LogP contribution in [0.4, 0.5) is 0 Å². The highest BCUT2D eigenvalue weighted by Gasteiger charge is 2.29. The van der Waals surface area contributed by atoms with Gasteiger partial charge in [0.2, 0.25) is 17.6 Å². The van der Waals surface area contributed by atoms with E-state index in [9.17, 15) is 4.79 Å². The first kappa shape index (κ1) is 19.1. The summed E-state index contributed by atoms with van der Waals surface area (Å²) in [6.07, 6.45) is 6.70. The highest BCUT2D eigenvalue weighted by Crippen LogP contribution is 2.25. The molecule has 6 nitrogen and oxygen atoms in total. The molecule has 4 rings (SSSR count). The average Bonchev–Trinajstić information content (AvgIpc) is 3.19. The number of piperidine rings is 1. The maximum Gasteiger partial charge on any atom is 0.241 e. The molecule has 6 heteroatoms. The van der Waals surface area contributed by atoms with Gasteiger partial charge < -0.3 is 9.84 Å². The Morgan fingerprint density at radius 2 is 1.89 bits per heavy atom.